The Balaban J connectivity index is 2.06. The van der Waals surface area contributed by atoms with Crippen molar-refractivity contribution in [2.75, 3.05) is 19.4 Å². The molecule has 1 heterocycles. The number of hydrogen-bond acceptors (Lipinski definition) is 4. The van der Waals surface area contributed by atoms with Crippen molar-refractivity contribution < 1.29 is 13.2 Å². The topological polar surface area (TPSA) is 46.6 Å². The van der Waals surface area contributed by atoms with Gasteiger partial charge in [0.25, 0.3) is 0 Å². The van der Waals surface area contributed by atoms with Crippen molar-refractivity contribution in [3.63, 3.8) is 0 Å². The van der Waals surface area contributed by atoms with Crippen molar-refractivity contribution in [1.29, 1.82) is 0 Å². The fraction of sp³-hybridized carbons (Fsp3) is 0.333. The van der Waals surface area contributed by atoms with Crippen molar-refractivity contribution in [2.24, 2.45) is 0 Å². The molecule has 1 atom stereocenters. The first-order valence-corrected chi connectivity index (χ1v) is 11.2. The maximum absolute atomic E-state index is 13.3. The van der Waals surface area contributed by atoms with E-state index in [-0.39, 0.29) is 5.37 Å². The lowest BCUT2D eigenvalue weighted by Gasteiger charge is -2.25. The molecule has 2 aromatic carbocycles. The standard InChI is InChI=1S/C18H20BrNO3S2/c1-12-4-7-17(13(2)10-12)25(21,22)20-8-9-24-18(20)15-11-14(19)5-6-16(15)23-3/h4-7,10-11,18H,8-9H2,1-3H3/t18-/m0/s1. The molecule has 0 unspecified atom stereocenters. The Morgan fingerprint density at radius 2 is 1.96 bits per heavy atom. The van der Waals surface area contributed by atoms with Crippen LogP contribution in [0.25, 0.3) is 0 Å². The minimum Gasteiger partial charge on any atom is -0.496 e. The van der Waals surface area contributed by atoms with Gasteiger partial charge in [-0.2, -0.15) is 4.31 Å². The third kappa shape index (κ3) is 3.60. The van der Waals surface area contributed by atoms with Crippen LogP contribution in [0, 0.1) is 13.8 Å². The Bertz CT molecular complexity index is 899. The lowest BCUT2D eigenvalue weighted by atomic mass is 10.2. The number of nitrogens with zero attached hydrogens (tertiary/aromatic N) is 1. The SMILES string of the molecule is COc1ccc(Br)cc1[C@@H]1SCCN1S(=O)(=O)c1ccc(C)cc1C. The molecule has 0 bridgehead atoms. The summed E-state index contributed by atoms with van der Waals surface area (Å²) in [5.41, 5.74) is 2.70. The minimum atomic E-state index is -3.58. The molecule has 1 aliphatic heterocycles. The summed E-state index contributed by atoms with van der Waals surface area (Å²) in [4.78, 5) is 0.375. The number of sulfonamides is 1. The van der Waals surface area contributed by atoms with Crippen LogP contribution in [0.5, 0.6) is 5.75 Å². The van der Waals surface area contributed by atoms with Crippen LogP contribution >= 0.6 is 27.7 Å². The molecule has 4 nitrogen and oxygen atoms in total. The second-order valence-electron chi connectivity index (χ2n) is 5.99. The molecule has 2 aromatic rings. The van der Waals surface area contributed by atoms with Crippen LogP contribution in [0.15, 0.2) is 45.8 Å². The quantitative estimate of drug-likeness (QED) is 0.699. The Kier molecular flexibility index (Phi) is 5.48. The molecule has 0 spiro atoms. The molecule has 0 aliphatic carbocycles. The average molecular weight is 442 g/mol. The van der Waals surface area contributed by atoms with E-state index in [9.17, 15) is 8.42 Å². The number of aryl methyl sites for hydroxylation is 2. The maximum Gasteiger partial charge on any atom is 0.244 e. The predicted octanol–water partition coefficient (Wildman–Crippen LogP) is 4.51. The van der Waals surface area contributed by atoms with E-state index in [1.54, 1.807) is 29.2 Å². The number of halogens is 1. The number of benzene rings is 2. The highest BCUT2D eigenvalue weighted by Gasteiger charge is 2.38. The molecule has 25 heavy (non-hydrogen) atoms. The van der Waals surface area contributed by atoms with E-state index < -0.39 is 10.0 Å². The average Bonchev–Trinajstić information content (AvgIpc) is 3.04. The van der Waals surface area contributed by atoms with E-state index in [4.69, 9.17) is 4.74 Å². The number of hydrogen-bond donors (Lipinski definition) is 0. The fourth-order valence-electron chi connectivity index (χ4n) is 3.06. The summed E-state index contributed by atoms with van der Waals surface area (Å²) in [5, 5.41) is -0.293. The Morgan fingerprint density at radius 1 is 1.20 bits per heavy atom. The van der Waals surface area contributed by atoms with Gasteiger partial charge in [0, 0.05) is 22.3 Å². The molecule has 0 amide bonds. The first-order chi connectivity index (χ1) is 11.8. The van der Waals surface area contributed by atoms with E-state index in [1.165, 1.54) is 0 Å². The monoisotopic (exact) mass is 441 g/mol. The number of ether oxygens (including phenoxy) is 1. The number of thioether (sulfide) groups is 1. The highest BCUT2D eigenvalue weighted by molar-refractivity contribution is 9.10. The second kappa shape index (κ2) is 7.31. The van der Waals surface area contributed by atoms with E-state index in [0.29, 0.717) is 17.2 Å². The van der Waals surface area contributed by atoms with Gasteiger partial charge in [-0.1, -0.05) is 33.6 Å². The van der Waals surface area contributed by atoms with Gasteiger partial charge in [-0.25, -0.2) is 8.42 Å². The summed E-state index contributed by atoms with van der Waals surface area (Å²) in [7, 11) is -1.97. The van der Waals surface area contributed by atoms with Crippen LogP contribution < -0.4 is 4.74 Å². The highest BCUT2D eigenvalue weighted by atomic mass is 79.9. The van der Waals surface area contributed by atoms with Crippen molar-refractivity contribution in [1.82, 2.24) is 4.31 Å². The van der Waals surface area contributed by atoms with Crippen LogP contribution in [0.2, 0.25) is 0 Å². The van der Waals surface area contributed by atoms with Crippen molar-refractivity contribution in [2.45, 2.75) is 24.1 Å². The third-order valence-electron chi connectivity index (χ3n) is 4.22. The number of methoxy groups -OCH3 is 1. The first kappa shape index (κ1) is 18.8. The third-order valence-corrected chi connectivity index (χ3v) is 8.12. The predicted molar refractivity (Wildman–Crippen MR) is 106 cm³/mol. The molecule has 0 aromatic heterocycles. The molecule has 3 rings (SSSR count). The van der Waals surface area contributed by atoms with E-state index in [2.05, 4.69) is 15.9 Å². The highest BCUT2D eigenvalue weighted by Crippen LogP contribution is 2.45. The fourth-order valence-corrected chi connectivity index (χ4v) is 6.89. The van der Waals surface area contributed by atoms with Crippen LogP contribution in [-0.2, 0) is 10.0 Å². The second-order valence-corrected chi connectivity index (χ2v) is 9.96. The summed E-state index contributed by atoms with van der Waals surface area (Å²) >= 11 is 5.09. The maximum atomic E-state index is 13.3. The number of rotatable bonds is 4. The van der Waals surface area contributed by atoms with Crippen molar-refractivity contribution in [3.8, 4) is 5.75 Å². The van der Waals surface area contributed by atoms with Crippen molar-refractivity contribution >= 4 is 37.7 Å². The molecule has 7 heteroatoms. The first-order valence-electron chi connectivity index (χ1n) is 7.88. The normalized spacial score (nSPS) is 18.5. The van der Waals surface area contributed by atoms with Gasteiger partial charge in [-0.15, -0.1) is 11.8 Å². The van der Waals surface area contributed by atoms with Gasteiger partial charge in [0.05, 0.1) is 17.4 Å². The van der Waals surface area contributed by atoms with Crippen LogP contribution in [-0.4, -0.2) is 32.1 Å². The summed E-state index contributed by atoms with van der Waals surface area (Å²) in [6.45, 7) is 4.29. The summed E-state index contributed by atoms with van der Waals surface area (Å²) in [6.07, 6.45) is 0. The zero-order valence-electron chi connectivity index (χ0n) is 14.3. The minimum absolute atomic E-state index is 0.293. The van der Waals surface area contributed by atoms with Gasteiger partial charge in [0.2, 0.25) is 10.0 Å². The lowest BCUT2D eigenvalue weighted by Crippen LogP contribution is -2.31. The van der Waals surface area contributed by atoms with Crippen LogP contribution in [0.1, 0.15) is 22.1 Å². The Hall–Kier alpha value is -1.02. The Morgan fingerprint density at radius 3 is 2.64 bits per heavy atom. The van der Waals surface area contributed by atoms with Crippen LogP contribution in [0.3, 0.4) is 0 Å². The molecular formula is C18H20BrNO3S2. The zero-order valence-corrected chi connectivity index (χ0v) is 17.5. The van der Waals surface area contributed by atoms with Gasteiger partial charge in [0.1, 0.15) is 5.75 Å². The molecule has 0 saturated carbocycles. The molecule has 1 aliphatic rings. The molecule has 1 saturated heterocycles. The Labute approximate surface area is 161 Å². The van der Waals surface area contributed by atoms with Gasteiger partial charge in [-0.3, -0.25) is 0 Å². The molecule has 0 radical (unpaired) electrons. The molecule has 1 fully saturated rings. The summed E-state index contributed by atoms with van der Waals surface area (Å²) in [6, 6.07) is 11.2. The van der Waals surface area contributed by atoms with Crippen LogP contribution in [0.4, 0.5) is 0 Å². The van der Waals surface area contributed by atoms with E-state index >= 15 is 0 Å². The van der Waals surface area contributed by atoms with Gasteiger partial charge < -0.3 is 4.74 Å². The van der Waals surface area contributed by atoms with E-state index in [0.717, 1.165) is 26.9 Å². The summed E-state index contributed by atoms with van der Waals surface area (Å²) in [5.74, 6) is 1.45. The van der Waals surface area contributed by atoms with Gasteiger partial charge >= 0.3 is 0 Å². The van der Waals surface area contributed by atoms with Gasteiger partial charge in [-0.05, 0) is 43.7 Å². The van der Waals surface area contributed by atoms with Gasteiger partial charge in [0.15, 0.2) is 0 Å². The largest absolute Gasteiger partial charge is 0.496 e. The molecule has 0 N–H and O–H groups in total. The smallest absolute Gasteiger partial charge is 0.244 e. The van der Waals surface area contributed by atoms with Crippen molar-refractivity contribution in [3.05, 3.63) is 57.6 Å². The zero-order chi connectivity index (χ0) is 18.2. The lowest BCUT2D eigenvalue weighted by molar-refractivity contribution is 0.390. The molecule has 134 valence electrons. The summed E-state index contributed by atoms with van der Waals surface area (Å²) < 4.78 is 34.5. The van der Waals surface area contributed by atoms with E-state index in [1.807, 2.05) is 44.2 Å². The molecular weight excluding hydrogens is 422 g/mol.